The molecule has 0 aliphatic carbocycles. The van der Waals surface area contributed by atoms with Crippen LogP contribution in [0.1, 0.15) is 18.4 Å². The van der Waals surface area contributed by atoms with Crippen LogP contribution in [0.3, 0.4) is 0 Å². The predicted molar refractivity (Wildman–Crippen MR) is 78.2 cm³/mol. The molecule has 1 aliphatic heterocycles. The van der Waals surface area contributed by atoms with Gasteiger partial charge in [0.25, 0.3) is 0 Å². The van der Waals surface area contributed by atoms with Crippen molar-refractivity contribution < 1.29 is 14.4 Å². The van der Waals surface area contributed by atoms with Gasteiger partial charge in [0.1, 0.15) is 5.82 Å². The van der Waals surface area contributed by atoms with Crippen LogP contribution in [0, 0.1) is 5.82 Å². The molecular formula is C14H22BFN2O2. The summed E-state index contributed by atoms with van der Waals surface area (Å²) in [6, 6.07) is 4.87. The average Bonchev–Trinajstić information content (AvgIpc) is 2.41. The summed E-state index contributed by atoms with van der Waals surface area (Å²) < 4.78 is 13.9. The Morgan fingerprint density at radius 1 is 1.35 bits per heavy atom. The molecule has 0 radical (unpaired) electrons. The Bertz CT molecular complexity index is 451. The van der Waals surface area contributed by atoms with Crippen LogP contribution in [-0.4, -0.2) is 60.2 Å². The van der Waals surface area contributed by atoms with E-state index in [4.69, 9.17) is 10.0 Å². The Kier molecular flexibility index (Phi) is 5.15. The molecular weight excluding hydrogens is 258 g/mol. The second kappa shape index (κ2) is 6.67. The van der Waals surface area contributed by atoms with Gasteiger partial charge in [0.05, 0.1) is 0 Å². The fourth-order valence-corrected chi connectivity index (χ4v) is 2.69. The third kappa shape index (κ3) is 3.79. The molecule has 2 rings (SSSR count). The minimum Gasteiger partial charge on any atom is -0.423 e. The van der Waals surface area contributed by atoms with Gasteiger partial charge in [-0.3, -0.25) is 4.90 Å². The number of benzene rings is 1. The molecule has 1 saturated heterocycles. The lowest BCUT2D eigenvalue weighted by atomic mass is 9.80. The van der Waals surface area contributed by atoms with Crippen LogP contribution in [0.15, 0.2) is 18.2 Å². The van der Waals surface area contributed by atoms with Crippen molar-refractivity contribution in [3.05, 3.63) is 29.6 Å². The average molecular weight is 280 g/mol. The zero-order valence-corrected chi connectivity index (χ0v) is 12.1. The lowest BCUT2D eigenvalue weighted by Crippen LogP contribution is -2.41. The van der Waals surface area contributed by atoms with Gasteiger partial charge in [-0.25, -0.2) is 4.39 Å². The van der Waals surface area contributed by atoms with E-state index in [-0.39, 0.29) is 11.3 Å². The van der Waals surface area contributed by atoms with E-state index in [1.165, 1.54) is 6.07 Å². The van der Waals surface area contributed by atoms with Crippen LogP contribution < -0.4 is 5.46 Å². The van der Waals surface area contributed by atoms with Crippen molar-refractivity contribution >= 4 is 12.6 Å². The Hall–Kier alpha value is -0.945. The number of rotatable bonds is 4. The van der Waals surface area contributed by atoms with E-state index in [2.05, 4.69) is 16.8 Å². The molecule has 20 heavy (non-hydrogen) atoms. The van der Waals surface area contributed by atoms with Gasteiger partial charge in [0.2, 0.25) is 0 Å². The van der Waals surface area contributed by atoms with E-state index in [1.807, 2.05) is 7.05 Å². The maximum atomic E-state index is 13.9. The van der Waals surface area contributed by atoms with Gasteiger partial charge in [-0.15, -0.1) is 0 Å². The molecule has 6 heteroatoms. The third-order valence-corrected chi connectivity index (χ3v) is 4.11. The SMILES string of the molecule is CN1CCC(N(C)Cc2ccc(B(O)O)cc2F)CC1. The zero-order chi connectivity index (χ0) is 14.7. The predicted octanol–water partition coefficient (Wildman–Crippen LogP) is 0.0315. The van der Waals surface area contributed by atoms with Gasteiger partial charge in [0.15, 0.2) is 0 Å². The fourth-order valence-electron chi connectivity index (χ4n) is 2.69. The minimum atomic E-state index is -1.62. The monoisotopic (exact) mass is 280 g/mol. The summed E-state index contributed by atoms with van der Waals surface area (Å²) in [5, 5.41) is 18.0. The van der Waals surface area contributed by atoms with Crippen LogP contribution in [0.25, 0.3) is 0 Å². The maximum Gasteiger partial charge on any atom is 0.488 e. The summed E-state index contributed by atoms with van der Waals surface area (Å²) in [5.41, 5.74) is 0.782. The Morgan fingerprint density at radius 2 is 2.00 bits per heavy atom. The number of hydrogen-bond acceptors (Lipinski definition) is 4. The molecule has 2 N–H and O–H groups in total. The number of nitrogens with zero attached hydrogens (tertiary/aromatic N) is 2. The van der Waals surface area contributed by atoms with Crippen LogP contribution >= 0.6 is 0 Å². The zero-order valence-electron chi connectivity index (χ0n) is 12.1. The number of likely N-dealkylation sites (tertiary alicyclic amines) is 1. The molecule has 1 aromatic carbocycles. The molecule has 0 aromatic heterocycles. The maximum absolute atomic E-state index is 13.9. The van der Waals surface area contributed by atoms with E-state index < -0.39 is 7.12 Å². The van der Waals surface area contributed by atoms with E-state index in [1.54, 1.807) is 12.1 Å². The van der Waals surface area contributed by atoms with Crippen molar-refractivity contribution in [1.29, 1.82) is 0 Å². The van der Waals surface area contributed by atoms with Gasteiger partial charge in [0, 0.05) is 18.2 Å². The first-order valence-electron chi connectivity index (χ1n) is 7.00. The summed E-state index contributed by atoms with van der Waals surface area (Å²) in [6.45, 7) is 2.70. The normalized spacial score (nSPS) is 17.7. The molecule has 1 heterocycles. The van der Waals surface area contributed by atoms with Crippen LogP contribution in [-0.2, 0) is 6.54 Å². The Balaban J connectivity index is 1.99. The second-order valence-electron chi connectivity index (χ2n) is 5.67. The molecule has 1 fully saturated rings. The van der Waals surface area contributed by atoms with Crippen molar-refractivity contribution in [3.63, 3.8) is 0 Å². The first-order chi connectivity index (χ1) is 9.47. The Morgan fingerprint density at radius 3 is 2.55 bits per heavy atom. The summed E-state index contributed by atoms with van der Waals surface area (Å²) in [4.78, 5) is 4.49. The molecule has 1 aromatic rings. The molecule has 4 nitrogen and oxygen atoms in total. The summed E-state index contributed by atoms with van der Waals surface area (Å²) >= 11 is 0. The van der Waals surface area contributed by atoms with Crippen molar-refractivity contribution in [2.75, 3.05) is 27.2 Å². The highest BCUT2D eigenvalue weighted by Crippen LogP contribution is 2.17. The van der Waals surface area contributed by atoms with Gasteiger partial charge < -0.3 is 14.9 Å². The summed E-state index contributed by atoms with van der Waals surface area (Å²) in [6.07, 6.45) is 2.20. The van der Waals surface area contributed by atoms with Gasteiger partial charge in [-0.1, -0.05) is 12.1 Å². The van der Waals surface area contributed by atoms with Crippen molar-refractivity contribution in [2.45, 2.75) is 25.4 Å². The molecule has 110 valence electrons. The third-order valence-electron chi connectivity index (χ3n) is 4.11. The lowest BCUT2D eigenvalue weighted by molar-refractivity contribution is 0.138. The standard InChI is InChI=1S/C14H22BFN2O2/c1-17-7-5-13(6-8-17)18(2)10-11-3-4-12(15(19)20)9-14(11)16/h3-4,9,13,19-20H,5-8,10H2,1-2H3. The minimum absolute atomic E-state index is 0.188. The van der Waals surface area contributed by atoms with E-state index in [0.717, 1.165) is 25.9 Å². The van der Waals surface area contributed by atoms with Gasteiger partial charge >= 0.3 is 7.12 Å². The topological polar surface area (TPSA) is 46.9 Å². The van der Waals surface area contributed by atoms with Crippen LogP contribution in [0.5, 0.6) is 0 Å². The smallest absolute Gasteiger partial charge is 0.423 e. The van der Waals surface area contributed by atoms with Crippen molar-refractivity contribution in [3.8, 4) is 0 Å². The quantitative estimate of drug-likeness (QED) is 0.764. The fraction of sp³-hybridized carbons (Fsp3) is 0.571. The van der Waals surface area contributed by atoms with E-state index in [0.29, 0.717) is 18.2 Å². The molecule has 1 aliphatic rings. The first-order valence-corrected chi connectivity index (χ1v) is 7.00. The highest BCUT2D eigenvalue weighted by atomic mass is 19.1. The molecule has 0 saturated carbocycles. The molecule has 0 unspecified atom stereocenters. The molecule has 0 bridgehead atoms. The Labute approximate surface area is 120 Å². The van der Waals surface area contributed by atoms with E-state index >= 15 is 0 Å². The van der Waals surface area contributed by atoms with Crippen molar-refractivity contribution in [1.82, 2.24) is 9.80 Å². The van der Waals surface area contributed by atoms with Gasteiger partial charge in [-0.05, 0) is 51.6 Å². The van der Waals surface area contributed by atoms with E-state index in [9.17, 15) is 4.39 Å². The largest absolute Gasteiger partial charge is 0.488 e. The highest BCUT2D eigenvalue weighted by Gasteiger charge is 2.21. The second-order valence-corrected chi connectivity index (χ2v) is 5.67. The number of piperidine rings is 1. The summed E-state index contributed by atoms with van der Waals surface area (Å²) in [7, 11) is 2.52. The molecule has 0 atom stereocenters. The van der Waals surface area contributed by atoms with Crippen molar-refractivity contribution in [2.24, 2.45) is 0 Å². The van der Waals surface area contributed by atoms with Crippen LogP contribution in [0.2, 0.25) is 0 Å². The number of hydrogen-bond donors (Lipinski definition) is 2. The first kappa shape index (κ1) is 15.4. The molecule has 0 spiro atoms. The lowest BCUT2D eigenvalue weighted by Gasteiger charge is -2.35. The molecule has 0 amide bonds. The number of halogens is 1. The highest BCUT2D eigenvalue weighted by molar-refractivity contribution is 6.58. The van der Waals surface area contributed by atoms with Crippen LogP contribution in [0.4, 0.5) is 4.39 Å². The summed E-state index contributed by atoms with van der Waals surface area (Å²) in [5.74, 6) is -0.379. The van der Waals surface area contributed by atoms with Gasteiger partial charge in [-0.2, -0.15) is 0 Å².